The zero-order chi connectivity index (χ0) is 10.4. The SMILES string of the molecule is C=CC(=O)NCc1ncc(OC)cn1. The monoisotopic (exact) mass is 193 g/mol. The molecule has 5 heteroatoms. The molecule has 0 atom stereocenters. The molecule has 14 heavy (non-hydrogen) atoms. The van der Waals surface area contributed by atoms with Crippen molar-refractivity contribution in [3.8, 4) is 5.75 Å². The van der Waals surface area contributed by atoms with Crippen LogP contribution < -0.4 is 10.1 Å². The maximum absolute atomic E-state index is 10.8. The highest BCUT2D eigenvalue weighted by Gasteiger charge is 1.98. The Balaban J connectivity index is 2.51. The summed E-state index contributed by atoms with van der Waals surface area (Å²) in [5.74, 6) is 0.870. The van der Waals surface area contributed by atoms with Crippen LogP contribution in [0.4, 0.5) is 0 Å². The molecular weight excluding hydrogens is 182 g/mol. The standard InChI is InChI=1S/C9H11N3O2/c1-3-9(13)12-6-8-10-4-7(14-2)5-11-8/h3-5H,1,6H2,2H3,(H,12,13). The second kappa shape index (κ2) is 4.96. The van der Waals surface area contributed by atoms with E-state index in [1.165, 1.54) is 13.2 Å². The minimum Gasteiger partial charge on any atom is -0.494 e. The van der Waals surface area contributed by atoms with Gasteiger partial charge in [-0.25, -0.2) is 9.97 Å². The molecule has 0 unspecified atom stereocenters. The highest BCUT2D eigenvalue weighted by atomic mass is 16.5. The Labute approximate surface area is 81.8 Å². The molecule has 0 saturated carbocycles. The van der Waals surface area contributed by atoms with E-state index in [9.17, 15) is 4.79 Å². The molecule has 0 aliphatic carbocycles. The fourth-order valence-electron chi connectivity index (χ4n) is 0.778. The van der Waals surface area contributed by atoms with Crippen LogP contribution in [-0.2, 0) is 11.3 Å². The van der Waals surface area contributed by atoms with E-state index in [1.807, 2.05) is 0 Å². The summed E-state index contributed by atoms with van der Waals surface area (Å²) in [4.78, 5) is 18.7. The highest BCUT2D eigenvalue weighted by Crippen LogP contribution is 2.03. The first-order valence-electron chi connectivity index (χ1n) is 4.01. The first kappa shape index (κ1) is 10.2. The average molecular weight is 193 g/mol. The molecule has 0 spiro atoms. The van der Waals surface area contributed by atoms with Crippen LogP contribution in [0.1, 0.15) is 5.82 Å². The quantitative estimate of drug-likeness (QED) is 0.698. The predicted octanol–water partition coefficient (Wildman–Crippen LogP) is 0.287. The van der Waals surface area contributed by atoms with Crippen LogP contribution >= 0.6 is 0 Å². The van der Waals surface area contributed by atoms with E-state index >= 15 is 0 Å². The molecule has 0 bridgehead atoms. The molecule has 0 saturated heterocycles. The van der Waals surface area contributed by atoms with Crippen LogP contribution in [0.25, 0.3) is 0 Å². The Kier molecular flexibility index (Phi) is 3.60. The van der Waals surface area contributed by atoms with Gasteiger partial charge in [-0.2, -0.15) is 0 Å². The van der Waals surface area contributed by atoms with Crippen molar-refractivity contribution in [3.05, 3.63) is 30.9 Å². The van der Waals surface area contributed by atoms with Gasteiger partial charge in [0.05, 0.1) is 26.0 Å². The molecule has 1 aromatic rings. The Hall–Kier alpha value is -1.91. The second-order valence-corrected chi connectivity index (χ2v) is 2.46. The minimum atomic E-state index is -0.246. The van der Waals surface area contributed by atoms with Crippen molar-refractivity contribution < 1.29 is 9.53 Å². The smallest absolute Gasteiger partial charge is 0.243 e. The topological polar surface area (TPSA) is 64.1 Å². The van der Waals surface area contributed by atoms with Gasteiger partial charge < -0.3 is 10.1 Å². The Bertz CT molecular complexity index is 321. The van der Waals surface area contributed by atoms with Gasteiger partial charge in [-0.3, -0.25) is 4.79 Å². The number of ether oxygens (including phenoxy) is 1. The van der Waals surface area contributed by atoms with E-state index in [2.05, 4.69) is 21.9 Å². The lowest BCUT2D eigenvalue weighted by atomic mass is 10.5. The van der Waals surface area contributed by atoms with Crippen molar-refractivity contribution >= 4 is 5.91 Å². The van der Waals surface area contributed by atoms with Gasteiger partial charge >= 0.3 is 0 Å². The van der Waals surface area contributed by atoms with Gasteiger partial charge in [0.25, 0.3) is 0 Å². The van der Waals surface area contributed by atoms with Crippen LogP contribution in [0.15, 0.2) is 25.0 Å². The number of hydrogen-bond acceptors (Lipinski definition) is 4. The van der Waals surface area contributed by atoms with Gasteiger partial charge in [-0.05, 0) is 6.08 Å². The summed E-state index contributed by atoms with van der Waals surface area (Å²) >= 11 is 0. The highest BCUT2D eigenvalue weighted by molar-refractivity contribution is 5.86. The van der Waals surface area contributed by atoms with E-state index in [0.717, 1.165) is 0 Å². The number of rotatable bonds is 4. The normalized spacial score (nSPS) is 9.21. The van der Waals surface area contributed by atoms with Gasteiger partial charge in [0.15, 0.2) is 5.75 Å². The van der Waals surface area contributed by atoms with Crippen molar-refractivity contribution in [2.75, 3.05) is 7.11 Å². The largest absolute Gasteiger partial charge is 0.494 e. The molecule has 0 aromatic carbocycles. The molecule has 0 fully saturated rings. The summed E-state index contributed by atoms with van der Waals surface area (Å²) in [6, 6.07) is 0. The Morgan fingerprint density at radius 1 is 1.64 bits per heavy atom. The average Bonchev–Trinajstić information content (AvgIpc) is 2.26. The number of nitrogens with one attached hydrogen (secondary N) is 1. The number of carbonyl (C=O) groups excluding carboxylic acids is 1. The predicted molar refractivity (Wildman–Crippen MR) is 50.6 cm³/mol. The molecule has 1 heterocycles. The maximum atomic E-state index is 10.8. The van der Waals surface area contributed by atoms with E-state index in [4.69, 9.17) is 4.74 Å². The van der Waals surface area contributed by atoms with Gasteiger partial charge in [0.2, 0.25) is 5.91 Å². The number of nitrogens with zero attached hydrogens (tertiary/aromatic N) is 2. The zero-order valence-corrected chi connectivity index (χ0v) is 7.86. The summed E-state index contributed by atoms with van der Waals surface area (Å²) in [6.45, 7) is 3.61. The third-order valence-corrected chi connectivity index (χ3v) is 1.52. The lowest BCUT2D eigenvalue weighted by Crippen LogP contribution is -2.21. The Morgan fingerprint density at radius 2 is 2.29 bits per heavy atom. The molecule has 1 N–H and O–H groups in total. The van der Waals surface area contributed by atoms with Crippen LogP contribution in [0.3, 0.4) is 0 Å². The molecule has 1 amide bonds. The molecule has 0 aliphatic heterocycles. The third kappa shape index (κ3) is 2.85. The van der Waals surface area contributed by atoms with E-state index in [1.54, 1.807) is 12.4 Å². The van der Waals surface area contributed by atoms with Crippen LogP contribution in [-0.4, -0.2) is 23.0 Å². The number of carbonyl (C=O) groups is 1. The molecular formula is C9H11N3O2. The van der Waals surface area contributed by atoms with Crippen molar-refractivity contribution in [1.82, 2.24) is 15.3 Å². The first-order chi connectivity index (χ1) is 6.76. The van der Waals surface area contributed by atoms with E-state index in [-0.39, 0.29) is 12.5 Å². The summed E-state index contributed by atoms with van der Waals surface area (Å²) in [6.07, 6.45) is 4.29. The summed E-state index contributed by atoms with van der Waals surface area (Å²) < 4.78 is 4.89. The number of hydrogen-bond donors (Lipinski definition) is 1. The summed E-state index contributed by atoms with van der Waals surface area (Å²) in [5.41, 5.74) is 0. The maximum Gasteiger partial charge on any atom is 0.243 e. The number of aromatic nitrogens is 2. The van der Waals surface area contributed by atoms with E-state index < -0.39 is 0 Å². The van der Waals surface area contributed by atoms with Gasteiger partial charge in [0.1, 0.15) is 5.82 Å². The molecule has 1 rings (SSSR count). The van der Waals surface area contributed by atoms with Crippen LogP contribution in [0, 0.1) is 0 Å². The fraction of sp³-hybridized carbons (Fsp3) is 0.222. The van der Waals surface area contributed by atoms with Crippen molar-refractivity contribution in [2.24, 2.45) is 0 Å². The summed E-state index contributed by atoms with van der Waals surface area (Å²) in [7, 11) is 1.54. The number of amides is 1. The minimum absolute atomic E-state index is 0.246. The second-order valence-electron chi connectivity index (χ2n) is 2.46. The Morgan fingerprint density at radius 3 is 2.79 bits per heavy atom. The lowest BCUT2D eigenvalue weighted by Gasteiger charge is -2.01. The van der Waals surface area contributed by atoms with Gasteiger partial charge in [-0.15, -0.1) is 0 Å². The molecule has 5 nitrogen and oxygen atoms in total. The zero-order valence-electron chi connectivity index (χ0n) is 7.86. The van der Waals surface area contributed by atoms with Crippen molar-refractivity contribution in [1.29, 1.82) is 0 Å². The molecule has 0 aliphatic rings. The lowest BCUT2D eigenvalue weighted by molar-refractivity contribution is -0.116. The third-order valence-electron chi connectivity index (χ3n) is 1.52. The van der Waals surface area contributed by atoms with Gasteiger partial charge in [0, 0.05) is 0 Å². The molecule has 74 valence electrons. The molecule has 1 aromatic heterocycles. The fourth-order valence-corrected chi connectivity index (χ4v) is 0.778. The molecule has 0 radical (unpaired) electrons. The van der Waals surface area contributed by atoms with Crippen LogP contribution in [0.2, 0.25) is 0 Å². The first-order valence-corrected chi connectivity index (χ1v) is 4.01. The van der Waals surface area contributed by atoms with Crippen molar-refractivity contribution in [3.63, 3.8) is 0 Å². The number of methoxy groups -OCH3 is 1. The van der Waals surface area contributed by atoms with E-state index in [0.29, 0.717) is 11.6 Å². The van der Waals surface area contributed by atoms with Gasteiger partial charge in [-0.1, -0.05) is 6.58 Å². The van der Waals surface area contributed by atoms with Crippen molar-refractivity contribution in [2.45, 2.75) is 6.54 Å². The summed E-state index contributed by atoms with van der Waals surface area (Å²) in [5, 5.41) is 2.56. The van der Waals surface area contributed by atoms with Crippen LogP contribution in [0.5, 0.6) is 5.75 Å².